The number of anilines is 1. The highest BCUT2D eigenvalue weighted by Gasteiger charge is 2.15. The minimum absolute atomic E-state index is 0.0534. The molecular weight excluding hydrogens is 297 g/mol. The van der Waals surface area contributed by atoms with Gasteiger partial charge in [0.2, 0.25) is 0 Å². The lowest BCUT2D eigenvalue weighted by Crippen LogP contribution is -2.39. The zero-order valence-electron chi connectivity index (χ0n) is 13.8. The van der Waals surface area contributed by atoms with E-state index in [1.165, 1.54) is 12.1 Å². The molecule has 0 spiro atoms. The van der Waals surface area contributed by atoms with Crippen LogP contribution in [0.1, 0.15) is 32.0 Å². The summed E-state index contributed by atoms with van der Waals surface area (Å²) in [4.78, 5) is 11.9. The first-order valence-corrected chi connectivity index (χ1v) is 7.59. The van der Waals surface area contributed by atoms with E-state index in [0.29, 0.717) is 24.0 Å². The summed E-state index contributed by atoms with van der Waals surface area (Å²) in [6, 6.07) is 6.05. The number of benzene rings is 1. The molecule has 1 atom stereocenters. The predicted octanol–water partition coefficient (Wildman–Crippen LogP) is 2.94. The molecule has 0 saturated heterocycles. The van der Waals surface area contributed by atoms with E-state index in [1.54, 1.807) is 17.7 Å². The summed E-state index contributed by atoms with van der Waals surface area (Å²) in [5.74, 6) is 0.445. The number of carbonyl (C=O) groups is 1. The number of halogens is 1. The van der Waals surface area contributed by atoms with Crippen molar-refractivity contribution < 1.29 is 9.18 Å². The number of urea groups is 1. The summed E-state index contributed by atoms with van der Waals surface area (Å²) in [6.07, 6.45) is 0. The van der Waals surface area contributed by atoms with Crippen molar-refractivity contribution >= 4 is 11.8 Å². The van der Waals surface area contributed by atoms with Crippen LogP contribution in [0.2, 0.25) is 0 Å². The SMILES string of the molecule is Cc1c(NC(=O)NC(C)C(C)C)nnn1Cc1cccc(F)c1. The molecule has 1 aromatic carbocycles. The average Bonchev–Trinajstić information content (AvgIpc) is 2.80. The third-order valence-electron chi connectivity index (χ3n) is 3.79. The minimum Gasteiger partial charge on any atom is -0.335 e. The highest BCUT2D eigenvalue weighted by atomic mass is 19.1. The van der Waals surface area contributed by atoms with Crippen LogP contribution in [-0.2, 0) is 6.54 Å². The van der Waals surface area contributed by atoms with Gasteiger partial charge in [-0.1, -0.05) is 31.2 Å². The Labute approximate surface area is 135 Å². The van der Waals surface area contributed by atoms with Gasteiger partial charge >= 0.3 is 6.03 Å². The second-order valence-electron chi connectivity index (χ2n) is 5.94. The summed E-state index contributed by atoms with van der Waals surface area (Å²) >= 11 is 0. The van der Waals surface area contributed by atoms with E-state index in [-0.39, 0.29) is 17.9 Å². The molecule has 2 aromatic rings. The van der Waals surface area contributed by atoms with E-state index in [4.69, 9.17) is 0 Å². The van der Waals surface area contributed by atoms with Crippen LogP contribution < -0.4 is 10.6 Å². The van der Waals surface area contributed by atoms with Gasteiger partial charge in [-0.25, -0.2) is 13.9 Å². The summed E-state index contributed by atoms with van der Waals surface area (Å²) in [6.45, 7) is 8.21. The third-order valence-corrected chi connectivity index (χ3v) is 3.79. The van der Waals surface area contributed by atoms with E-state index in [1.807, 2.05) is 26.8 Å². The standard InChI is InChI=1S/C16H22FN5O/c1-10(2)11(3)18-16(23)19-15-12(4)22(21-20-15)9-13-6-5-7-14(17)8-13/h5-8,10-11H,9H2,1-4H3,(H2,18,19,23). The highest BCUT2D eigenvalue weighted by molar-refractivity contribution is 5.88. The molecule has 2 rings (SSSR count). The molecular formula is C16H22FN5O. The first-order chi connectivity index (χ1) is 10.9. The fourth-order valence-electron chi connectivity index (χ4n) is 1.95. The first kappa shape index (κ1) is 16.9. The maximum Gasteiger partial charge on any atom is 0.320 e. The van der Waals surface area contributed by atoms with Gasteiger partial charge in [0.1, 0.15) is 5.82 Å². The maximum atomic E-state index is 13.2. The minimum atomic E-state index is -0.313. The predicted molar refractivity (Wildman–Crippen MR) is 86.7 cm³/mol. The Hall–Kier alpha value is -2.44. The van der Waals surface area contributed by atoms with Gasteiger partial charge < -0.3 is 5.32 Å². The number of hydrogen-bond acceptors (Lipinski definition) is 3. The smallest absolute Gasteiger partial charge is 0.320 e. The average molecular weight is 319 g/mol. The molecule has 1 unspecified atom stereocenters. The lowest BCUT2D eigenvalue weighted by Gasteiger charge is -2.17. The quantitative estimate of drug-likeness (QED) is 0.890. The lowest BCUT2D eigenvalue weighted by molar-refractivity contribution is 0.246. The van der Waals surface area contributed by atoms with Crippen LogP contribution in [0.4, 0.5) is 15.0 Å². The number of aromatic nitrogens is 3. The molecule has 0 bridgehead atoms. The number of rotatable bonds is 5. The van der Waals surface area contributed by atoms with Crippen LogP contribution in [0.15, 0.2) is 24.3 Å². The van der Waals surface area contributed by atoms with Gasteiger partial charge in [0.25, 0.3) is 0 Å². The van der Waals surface area contributed by atoms with Crippen LogP contribution in [0.3, 0.4) is 0 Å². The van der Waals surface area contributed by atoms with Crippen molar-refractivity contribution in [1.29, 1.82) is 0 Å². The van der Waals surface area contributed by atoms with Gasteiger partial charge in [-0.15, -0.1) is 5.10 Å². The van der Waals surface area contributed by atoms with Crippen LogP contribution in [0, 0.1) is 18.7 Å². The van der Waals surface area contributed by atoms with Crippen molar-refractivity contribution in [3.05, 3.63) is 41.3 Å². The van der Waals surface area contributed by atoms with Crippen LogP contribution >= 0.6 is 0 Å². The molecule has 1 heterocycles. The van der Waals surface area contributed by atoms with E-state index in [0.717, 1.165) is 5.56 Å². The largest absolute Gasteiger partial charge is 0.335 e. The van der Waals surface area contributed by atoms with Crippen LogP contribution in [0.5, 0.6) is 0 Å². The molecule has 0 saturated carbocycles. The molecule has 2 N–H and O–H groups in total. The van der Waals surface area contributed by atoms with E-state index < -0.39 is 0 Å². The molecule has 124 valence electrons. The van der Waals surface area contributed by atoms with Crippen molar-refractivity contribution in [2.75, 3.05) is 5.32 Å². The van der Waals surface area contributed by atoms with Crippen LogP contribution in [-0.4, -0.2) is 27.1 Å². The molecule has 6 nitrogen and oxygen atoms in total. The summed E-state index contributed by atoms with van der Waals surface area (Å²) in [5, 5.41) is 13.5. The first-order valence-electron chi connectivity index (χ1n) is 7.59. The number of amides is 2. The fraction of sp³-hybridized carbons (Fsp3) is 0.438. The molecule has 0 fully saturated rings. The molecule has 23 heavy (non-hydrogen) atoms. The molecule has 0 aliphatic rings. The molecule has 2 amide bonds. The second-order valence-corrected chi connectivity index (χ2v) is 5.94. The molecule has 0 radical (unpaired) electrons. The Morgan fingerprint density at radius 2 is 2.09 bits per heavy atom. The molecule has 0 aliphatic carbocycles. The zero-order chi connectivity index (χ0) is 17.0. The van der Waals surface area contributed by atoms with Gasteiger partial charge in [0.15, 0.2) is 5.82 Å². The lowest BCUT2D eigenvalue weighted by atomic mass is 10.1. The van der Waals surface area contributed by atoms with E-state index >= 15 is 0 Å². The summed E-state index contributed by atoms with van der Waals surface area (Å²) < 4.78 is 14.8. The van der Waals surface area contributed by atoms with Gasteiger partial charge in [0.05, 0.1) is 12.2 Å². The van der Waals surface area contributed by atoms with Crippen molar-refractivity contribution in [1.82, 2.24) is 20.3 Å². The van der Waals surface area contributed by atoms with E-state index in [9.17, 15) is 9.18 Å². The van der Waals surface area contributed by atoms with Crippen LogP contribution in [0.25, 0.3) is 0 Å². The Bertz CT molecular complexity index is 683. The Morgan fingerprint density at radius 3 is 2.74 bits per heavy atom. The number of carbonyl (C=O) groups excluding carboxylic acids is 1. The van der Waals surface area contributed by atoms with Crippen molar-refractivity contribution in [2.45, 2.75) is 40.3 Å². The number of nitrogens with zero attached hydrogens (tertiary/aromatic N) is 3. The Kier molecular flexibility index (Phi) is 5.31. The molecule has 7 heteroatoms. The number of hydrogen-bond donors (Lipinski definition) is 2. The molecule has 0 aliphatic heterocycles. The van der Waals surface area contributed by atoms with Crippen molar-refractivity contribution in [2.24, 2.45) is 5.92 Å². The van der Waals surface area contributed by atoms with E-state index in [2.05, 4.69) is 20.9 Å². The van der Waals surface area contributed by atoms with Gasteiger partial charge in [-0.05, 0) is 37.5 Å². The van der Waals surface area contributed by atoms with Gasteiger partial charge in [-0.2, -0.15) is 0 Å². The Morgan fingerprint density at radius 1 is 1.35 bits per heavy atom. The number of nitrogens with one attached hydrogen (secondary N) is 2. The summed E-state index contributed by atoms with van der Waals surface area (Å²) in [5.41, 5.74) is 1.49. The fourth-order valence-corrected chi connectivity index (χ4v) is 1.95. The third kappa shape index (κ3) is 4.51. The second kappa shape index (κ2) is 7.21. The monoisotopic (exact) mass is 319 g/mol. The molecule has 1 aromatic heterocycles. The van der Waals surface area contributed by atoms with Gasteiger partial charge in [-0.3, -0.25) is 5.32 Å². The normalized spacial score (nSPS) is 12.3. The van der Waals surface area contributed by atoms with Gasteiger partial charge in [0, 0.05) is 6.04 Å². The highest BCUT2D eigenvalue weighted by Crippen LogP contribution is 2.13. The summed E-state index contributed by atoms with van der Waals surface area (Å²) in [7, 11) is 0. The topological polar surface area (TPSA) is 71.8 Å². The van der Waals surface area contributed by atoms with Crippen molar-refractivity contribution in [3.8, 4) is 0 Å². The maximum absolute atomic E-state index is 13.2. The Balaban J connectivity index is 2.03. The van der Waals surface area contributed by atoms with Crippen molar-refractivity contribution in [3.63, 3.8) is 0 Å². The zero-order valence-corrected chi connectivity index (χ0v) is 13.8.